The second-order valence-corrected chi connectivity index (χ2v) is 7.34. The molecule has 1 aromatic heterocycles. The predicted molar refractivity (Wildman–Crippen MR) is 102 cm³/mol. The molecule has 2 heterocycles. The second-order valence-electron chi connectivity index (χ2n) is 7.34. The Kier molecular flexibility index (Phi) is 5.45. The molecule has 0 spiro atoms. The summed E-state index contributed by atoms with van der Waals surface area (Å²) in [5.74, 6) is 0.745. The Labute approximate surface area is 155 Å². The lowest BCUT2D eigenvalue weighted by Crippen LogP contribution is -2.39. The molecule has 5 nitrogen and oxygen atoms in total. The molecule has 0 saturated carbocycles. The minimum atomic E-state index is 0.0315. The fraction of sp³-hybridized carbons (Fsp3) is 0.429. The zero-order valence-electron chi connectivity index (χ0n) is 15.8. The lowest BCUT2D eigenvalue weighted by atomic mass is 9.89. The first kappa shape index (κ1) is 18.2. The molecule has 1 aliphatic heterocycles. The zero-order chi connectivity index (χ0) is 18.7. The first-order valence-electron chi connectivity index (χ1n) is 9.17. The van der Waals surface area contributed by atoms with Crippen molar-refractivity contribution in [3.8, 4) is 0 Å². The highest BCUT2D eigenvalue weighted by molar-refractivity contribution is 5.94. The van der Waals surface area contributed by atoms with Crippen LogP contribution in [0.15, 0.2) is 42.6 Å². The summed E-state index contributed by atoms with van der Waals surface area (Å²) in [5, 5.41) is 0. The molecule has 2 amide bonds. The summed E-state index contributed by atoms with van der Waals surface area (Å²) in [4.78, 5) is 28.1. The maximum absolute atomic E-state index is 12.6. The smallest absolute Gasteiger partial charge is 0.270 e. The van der Waals surface area contributed by atoms with Gasteiger partial charge in [-0.2, -0.15) is 0 Å². The number of carbonyl (C=O) groups excluding carboxylic acids is 2. The van der Waals surface area contributed by atoms with E-state index in [1.807, 2.05) is 47.0 Å². The molecule has 2 aromatic rings. The summed E-state index contributed by atoms with van der Waals surface area (Å²) in [6, 6.07) is 11.7. The quantitative estimate of drug-likeness (QED) is 0.848. The fourth-order valence-electron chi connectivity index (χ4n) is 3.56. The molecule has 26 heavy (non-hydrogen) atoms. The van der Waals surface area contributed by atoms with Crippen LogP contribution in [0.2, 0.25) is 0 Å². The topological polar surface area (TPSA) is 45.6 Å². The molecule has 1 saturated heterocycles. The standard InChI is InChI=1S/C21H27N3O2/c1-22(2)20(25)18-8-6-16(7-9-18)15-17-10-13-24(14-11-17)21(26)19-5-4-12-23(19)3/h4-9,12,17H,10-11,13-15H2,1-3H3. The normalized spacial score (nSPS) is 15.1. The van der Waals surface area contributed by atoms with Crippen molar-refractivity contribution in [2.24, 2.45) is 13.0 Å². The maximum Gasteiger partial charge on any atom is 0.270 e. The molecule has 0 aliphatic carbocycles. The lowest BCUT2D eigenvalue weighted by molar-refractivity contribution is 0.0680. The molecule has 1 aromatic carbocycles. The Balaban J connectivity index is 1.53. The van der Waals surface area contributed by atoms with Crippen LogP contribution in [-0.2, 0) is 13.5 Å². The lowest BCUT2D eigenvalue weighted by Gasteiger charge is -2.32. The van der Waals surface area contributed by atoms with Gasteiger partial charge < -0.3 is 14.4 Å². The van der Waals surface area contributed by atoms with E-state index in [1.54, 1.807) is 19.0 Å². The Bertz CT molecular complexity index is 769. The van der Waals surface area contributed by atoms with E-state index in [1.165, 1.54) is 5.56 Å². The Morgan fingerprint density at radius 2 is 1.73 bits per heavy atom. The van der Waals surface area contributed by atoms with Crippen LogP contribution >= 0.6 is 0 Å². The third kappa shape index (κ3) is 3.98. The molecular weight excluding hydrogens is 326 g/mol. The highest BCUT2D eigenvalue weighted by atomic mass is 16.2. The predicted octanol–water partition coefficient (Wildman–Crippen LogP) is 2.82. The van der Waals surface area contributed by atoms with Gasteiger partial charge in [0, 0.05) is 46.0 Å². The van der Waals surface area contributed by atoms with Crippen molar-refractivity contribution in [1.29, 1.82) is 0 Å². The van der Waals surface area contributed by atoms with Gasteiger partial charge >= 0.3 is 0 Å². The van der Waals surface area contributed by atoms with Gasteiger partial charge in [-0.1, -0.05) is 12.1 Å². The fourth-order valence-corrected chi connectivity index (χ4v) is 3.56. The Morgan fingerprint density at radius 1 is 1.08 bits per heavy atom. The molecular formula is C21H27N3O2. The molecule has 1 fully saturated rings. The van der Waals surface area contributed by atoms with Crippen LogP contribution in [0.4, 0.5) is 0 Å². The van der Waals surface area contributed by atoms with E-state index in [0.717, 1.165) is 43.6 Å². The van der Waals surface area contributed by atoms with E-state index in [4.69, 9.17) is 0 Å². The number of piperidine rings is 1. The van der Waals surface area contributed by atoms with Crippen LogP contribution in [-0.4, -0.2) is 53.4 Å². The van der Waals surface area contributed by atoms with Crippen molar-refractivity contribution in [2.75, 3.05) is 27.2 Å². The molecule has 138 valence electrons. The molecule has 0 N–H and O–H groups in total. The summed E-state index contributed by atoms with van der Waals surface area (Å²) < 4.78 is 1.88. The largest absolute Gasteiger partial charge is 0.347 e. The average molecular weight is 353 g/mol. The van der Waals surface area contributed by atoms with Gasteiger partial charge in [0.1, 0.15) is 5.69 Å². The number of amides is 2. The van der Waals surface area contributed by atoms with E-state index < -0.39 is 0 Å². The summed E-state index contributed by atoms with van der Waals surface area (Å²) >= 11 is 0. The van der Waals surface area contributed by atoms with Crippen LogP contribution < -0.4 is 0 Å². The van der Waals surface area contributed by atoms with Gasteiger partial charge in [-0.25, -0.2) is 0 Å². The third-order valence-corrected chi connectivity index (χ3v) is 5.20. The minimum Gasteiger partial charge on any atom is -0.347 e. The summed E-state index contributed by atoms with van der Waals surface area (Å²) in [6.07, 6.45) is 4.95. The van der Waals surface area contributed by atoms with Gasteiger partial charge in [-0.05, 0) is 55.0 Å². The molecule has 5 heteroatoms. The number of likely N-dealkylation sites (tertiary alicyclic amines) is 1. The highest BCUT2D eigenvalue weighted by Crippen LogP contribution is 2.23. The minimum absolute atomic E-state index is 0.0315. The van der Waals surface area contributed by atoms with Gasteiger partial charge in [0.05, 0.1) is 0 Å². The SMILES string of the molecule is CN(C)C(=O)c1ccc(CC2CCN(C(=O)c3cccn3C)CC2)cc1. The Morgan fingerprint density at radius 3 is 2.27 bits per heavy atom. The summed E-state index contributed by atoms with van der Waals surface area (Å²) in [5.41, 5.74) is 2.74. The molecule has 1 aliphatic rings. The van der Waals surface area contributed by atoms with Gasteiger partial charge in [-0.3, -0.25) is 9.59 Å². The monoisotopic (exact) mass is 353 g/mol. The van der Waals surface area contributed by atoms with Crippen LogP contribution in [0.5, 0.6) is 0 Å². The number of carbonyl (C=O) groups is 2. The maximum atomic E-state index is 12.6. The van der Waals surface area contributed by atoms with E-state index in [0.29, 0.717) is 5.92 Å². The van der Waals surface area contributed by atoms with Crippen molar-refractivity contribution in [2.45, 2.75) is 19.3 Å². The van der Waals surface area contributed by atoms with E-state index in [9.17, 15) is 9.59 Å². The highest BCUT2D eigenvalue weighted by Gasteiger charge is 2.24. The van der Waals surface area contributed by atoms with Crippen LogP contribution in [0.3, 0.4) is 0 Å². The first-order chi connectivity index (χ1) is 12.5. The van der Waals surface area contributed by atoms with E-state index in [-0.39, 0.29) is 11.8 Å². The summed E-state index contributed by atoms with van der Waals surface area (Å²) in [7, 11) is 5.44. The Hall–Kier alpha value is -2.56. The van der Waals surface area contributed by atoms with Crippen molar-refractivity contribution in [3.05, 3.63) is 59.4 Å². The van der Waals surface area contributed by atoms with E-state index >= 15 is 0 Å². The van der Waals surface area contributed by atoms with Crippen molar-refractivity contribution >= 4 is 11.8 Å². The van der Waals surface area contributed by atoms with Crippen LogP contribution in [0.25, 0.3) is 0 Å². The van der Waals surface area contributed by atoms with Gasteiger partial charge in [-0.15, -0.1) is 0 Å². The number of nitrogens with zero attached hydrogens (tertiary/aromatic N) is 3. The van der Waals surface area contributed by atoms with Crippen LogP contribution in [0, 0.1) is 5.92 Å². The van der Waals surface area contributed by atoms with Gasteiger partial charge in [0.15, 0.2) is 0 Å². The molecule has 0 unspecified atom stereocenters. The van der Waals surface area contributed by atoms with Crippen molar-refractivity contribution in [1.82, 2.24) is 14.4 Å². The van der Waals surface area contributed by atoms with Crippen molar-refractivity contribution in [3.63, 3.8) is 0 Å². The third-order valence-electron chi connectivity index (χ3n) is 5.20. The molecule has 0 atom stereocenters. The van der Waals surface area contributed by atoms with E-state index in [2.05, 4.69) is 12.1 Å². The molecule has 0 bridgehead atoms. The van der Waals surface area contributed by atoms with Gasteiger partial charge in [0.2, 0.25) is 0 Å². The number of benzene rings is 1. The number of hydrogen-bond acceptors (Lipinski definition) is 2. The number of aromatic nitrogens is 1. The van der Waals surface area contributed by atoms with Gasteiger partial charge in [0.25, 0.3) is 11.8 Å². The second kappa shape index (κ2) is 7.77. The average Bonchev–Trinajstić information content (AvgIpc) is 3.07. The first-order valence-corrected chi connectivity index (χ1v) is 9.17. The number of rotatable bonds is 4. The zero-order valence-corrected chi connectivity index (χ0v) is 15.8. The van der Waals surface area contributed by atoms with Crippen molar-refractivity contribution < 1.29 is 9.59 Å². The molecule has 3 rings (SSSR count). The summed E-state index contributed by atoms with van der Waals surface area (Å²) in [6.45, 7) is 1.62. The molecule has 0 radical (unpaired) electrons. The number of hydrogen-bond donors (Lipinski definition) is 0. The van der Waals surface area contributed by atoms with Crippen LogP contribution in [0.1, 0.15) is 39.3 Å². The number of aryl methyl sites for hydroxylation is 1.